The summed E-state index contributed by atoms with van der Waals surface area (Å²) in [6.45, 7) is 10.5. The van der Waals surface area contributed by atoms with Crippen molar-refractivity contribution in [2.45, 2.75) is 45.1 Å². The van der Waals surface area contributed by atoms with Gasteiger partial charge < -0.3 is 15.0 Å². The quantitative estimate of drug-likeness (QED) is 0.573. The molecule has 2 aliphatic rings. The first-order valence-corrected chi connectivity index (χ1v) is 10.2. The Kier molecular flexibility index (Phi) is 6.78. The molecule has 3 rings (SSSR count). The zero-order valence-electron chi connectivity index (χ0n) is 16.6. The van der Waals surface area contributed by atoms with E-state index in [4.69, 9.17) is 9.73 Å². The number of aliphatic imine (C=N–C) groups is 1. The van der Waals surface area contributed by atoms with Gasteiger partial charge in [0.25, 0.3) is 0 Å². The average Bonchev–Trinajstić information content (AvgIpc) is 3.40. The lowest BCUT2D eigenvalue weighted by Crippen LogP contribution is -2.40. The van der Waals surface area contributed by atoms with E-state index in [1.54, 1.807) is 7.11 Å². The number of methoxy groups -OCH3 is 1. The molecule has 1 heterocycles. The molecule has 5 heteroatoms. The molecule has 1 aromatic rings. The van der Waals surface area contributed by atoms with Crippen molar-refractivity contribution in [2.24, 2.45) is 4.99 Å². The molecule has 1 saturated carbocycles. The van der Waals surface area contributed by atoms with Gasteiger partial charge in [-0.25, -0.2) is 0 Å². The number of hydrogen-bond donors (Lipinski definition) is 1. The van der Waals surface area contributed by atoms with Crippen molar-refractivity contribution >= 4 is 5.96 Å². The number of hydrogen-bond acceptors (Lipinski definition) is 3. The summed E-state index contributed by atoms with van der Waals surface area (Å²) in [5.74, 6) is 2.58. The third-order valence-corrected chi connectivity index (χ3v) is 5.53. The van der Waals surface area contributed by atoms with Crippen molar-refractivity contribution in [1.82, 2.24) is 15.1 Å². The van der Waals surface area contributed by atoms with Crippen LogP contribution in [0.4, 0.5) is 0 Å². The first kappa shape index (κ1) is 19.0. The van der Waals surface area contributed by atoms with Gasteiger partial charge in [0.1, 0.15) is 5.75 Å². The molecule has 0 spiro atoms. The van der Waals surface area contributed by atoms with E-state index in [-0.39, 0.29) is 0 Å². The lowest BCUT2D eigenvalue weighted by molar-refractivity contribution is 0.285. The van der Waals surface area contributed by atoms with Crippen LogP contribution in [0.15, 0.2) is 29.3 Å². The smallest absolute Gasteiger partial charge is 0.193 e. The Morgan fingerprint density at radius 2 is 2.00 bits per heavy atom. The van der Waals surface area contributed by atoms with Crippen LogP contribution in [0.5, 0.6) is 5.75 Å². The monoisotopic (exact) mass is 358 g/mol. The molecule has 1 aliphatic carbocycles. The van der Waals surface area contributed by atoms with Gasteiger partial charge in [-0.15, -0.1) is 0 Å². The second kappa shape index (κ2) is 9.26. The van der Waals surface area contributed by atoms with E-state index in [1.807, 2.05) is 0 Å². The van der Waals surface area contributed by atoms with Crippen molar-refractivity contribution in [2.75, 3.05) is 46.4 Å². The number of ether oxygens (including phenoxy) is 1. The number of nitrogens with zero attached hydrogens (tertiary/aromatic N) is 3. The summed E-state index contributed by atoms with van der Waals surface area (Å²) in [6.07, 6.45) is 3.92. The molecule has 1 atom stereocenters. The van der Waals surface area contributed by atoms with Gasteiger partial charge in [-0.3, -0.25) is 9.89 Å². The predicted octanol–water partition coefficient (Wildman–Crippen LogP) is 2.93. The van der Waals surface area contributed by atoms with Crippen molar-refractivity contribution in [3.63, 3.8) is 0 Å². The standard InChI is InChI=1S/C21H34N4O/c1-4-22-21(23-13-15-24(5-2)19-8-9-19)25-14-12-18(16-25)17-6-10-20(26-3)11-7-17/h6-7,10-11,18-19H,4-5,8-9,12-16H2,1-3H3,(H,22,23). The summed E-state index contributed by atoms with van der Waals surface area (Å²) >= 11 is 0. The summed E-state index contributed by atoms with van der Waals surface area (Å²) in [7, 11) is 1.72. The highest BCUT2D eigenvalue weighted by Crippen LogP contribution is 2.28. The van der Waals surface area contributed by atoms with E-state index < -0.39 is 0 Å². The fourth-order valence-corrected chi connectivity index (χ4v) is 3.85. The average molecular weight is 359 g/mol. The van der Waals surface area contributed by atoms with E-state index in [0.29, 0.717) is 5.92 Å². The first-order chi connectivity index (χ1) is 12.7. The zero-order chi connectivity index (χ0) is 18.4. The maximum absolute atomic E-state index is 5.27. The lowest BCUT2D eigenvalue weighted by atomic mass is 9.98. The Labute approximate surface area is 158 Å². The van der Waals surface area contributed by atoms with Crippen LogP contribution in [0.1, 0.15) is 44.6 Å². The Morgan fingerprint density at radius 1 is 1.23 bits per heavy atom. The fraction of sp³-hybridized carbons (Fsp3) is 0.667. The van der Waals surface area contributed by atoms with Crippen LogP contribution in [0.2, 0.25) is 0 Å². The summed E-state index contributed by atoms with van der Waals surface area (Å²) in [6, 6.07) is 9.35. The largest absolute Gasteiger partial charge is 0.497 e. The van der Waals surface area contributed by atoms with Gasteiger partial charge in [0, 0.05) is 38.1 Å². The van der Waals surface area contributed by atoms with Crippen LogP contribution in [0, 0.1) is 0 Å². The molecule has 1 N–H and O–H groups in total. The van der Waals surface area contributed by atoms with Crippen LogP contribution in [0.25, 0.3) is 0 Å². The highest BCUT2D eigenvalue weighted by atomic mass is 16.5. The molecule has 0 aromatic heterocycles. The van der Waals surface area contributed by atoms with Crippen LogP contribution < -0.4 is 10.1 Å². The van der Waals surface area contributed by atoms with Crippen LogP contribution >= 0.6 is 0 Å². The molecule has 1 aromatic carbocycles. The van der Waals surface area contributed by atoms with Gasteiger partial charge in [0.15, 0.2) is 5.96 Å². The first-order valence-electron chi connectivity index (χ1n) is 10.2. The molecule has 0 bridgehead atoms. The van der Waals surface area contributed by atoms with Gasteiger partial charge >= 0.3 is 0 Å². The lowest BCUT2D eigenvalue weighted by Gasteiger charge is -2.23. The highest BCUT2D eigenvalue weighted by molar-refractivity contribution is 5.80. The number of likely N-dealkylation sites (tertiary alicyclic amines) is 1. The van der Waals surface area contributed by atoms with Crippen LogP contribution in [-0.2, 0) is 0 Å². The third-order valence-electron chi connectivity index (χ3n) is 5.53. The molecule has 1 saturated heterocycles. The van der Waals surface area contributed by atoms with Crippen molar-refractivity contribution in [3.8, 4) is 5.75 Å². The molecular weight excluding hydrogens is 324 g/mol. The molecule has 1 aliphatic heterocycles. The summed E-state index contributed by atoms with van der Waals surface area (Å²) < 4.78 is 5.27. The highest BCUT2D eigenvalue weighted by Gasteiger charge is 2.28. The molecule has 2 fully saturated rings. The minimum absolute atomic E-state index is 0.573. The van der Waals surface area contributed by atoms with Gasteiger partial charge in [-0.2, -0.15) is 0 Å². The van der Waals surface area contributed by atoms with E-state index in [1.165, 1.54) is 24.8 Å². The van der Waals surface area contributed by atoms with E-state index in [0.717, 1.165) is 57.0 Å². The van der Waals surface area contributed by atoms with Gasteiger partial charge in [0.2, 0.25) is 0 Å². The minimum Gasteiger partial charge on any atom is -0.497 e. The predicted molar refractivity (Wildman–Crippen MR) is 108 cm³/mol. The molecule has 144 valence electrons. The molecule has 26 heavy (non-hydrogen) atoms. The van der Waals surface area contributed by atoms with Gasteiger partial charge in [-0.1, -0.05) is 19.1 Å². The maximum atomic E-state index is 5.27. The van der Waals surface area contributed by atoms with Crippen molar-refractivity contribution in [3.05, 3.63) is 29.8 Å². The number of rotatable bonds is 8. The fourth-order valence-electron chi connectivity index (χ4n) is 3.85. The van der Waals surface area contributed by atoms with Gasteiger partial charge in [0.05, 0.1) is 13.7 Å². The zero-order valence-corrected chi connectivity index (χ0v) is 16.6. The Bertz CT molecular complexity index is 582. The SMILES string of the molecule is CCNC(=NCCN(CC)C1CC1)N1CCC(c2ccc(OC)cc2)C1. The number of likely N-dealkylation sites (N-methyl/N-ethyl adjacent to an activating group) is 1. The van der Waals surface area contributed by atoms with Crippen LogP contribution in [0.3, 0.4) is 0 Å². The van der Waals surface area contributed by atoms with Crippen LogP contribution in [-0.4, -0.2) is 68.2 Å². The molecule has 1 unspecified atom stereocenters. The Balaban J connectivity index is 1.56. The number of nitrogens with one attached hydrogen (secondary N) is 1. The molecule has 0 radical (unpaired) electrons. The normalized spacial score (nSPS) is 20.7. The van der Waals surface area contributed by atoms with Crippen molar-refractivity contribution in [1.29, 1.82) is 0 Å². The second-order valence-corrected chi connectivity index (χ2v) is 7.30. The van der Waals surface area contributed by atoms with Crippen molar-refractivity contribution < 1.29 is 4.74 Å². The summed E-state index contributed by atoms with van der Waals surface area (Å²) in [5.41, 5.74) is 1.40. The molecule has 5 nitrogen and oxygen atoms in total. The van der Waals surface area contributed by atoms with E-state index >= 15 is 0 Å². The van der Waals surface area contributed by atoms with Gasteiger partial charge in [-0.05, 0) is 50.4 Å². The Hall–Kier alpha value is -1.75. The topological polar surface area (TPSA) is 40.1 Å². The summed E-state index contributed by atoms with van der Waals surface area (Å²) in [4.78, 5) is 9.91. The number of benzene rings is 1. The second-order valence-electron chi connectivity index (χ2n) is 7.30. The number of guanidine groups is 1. The molecular formula is C21H34N4O. The minimum atomic E-state index is 0.573. The molecule has 0 amide bonds. The summed E-state index contributed by atoms with van der Waals surface area (Å²) in [5, 5.41) is 3.49. The Morgan fingerprint density at radius 3 is 2.62 bits per heavy atom. The third kappa shape index (κ3) is 4.91. The van der Waals surface area contributed by atoms with E-state index in [2.05, 4.69) is 53.2 Å². The van der Waals surface area contributed by atoms with E-state index in [9.17, 15) is 0 Å². The maximum Gasteiger partial charge on any atom is 0.193 e.